The van der Waals surface area contributed by atoms with Gasteiger partial charge in [0.15, 0.2) is 0 Å². The fourth-order valence-electron chi connectivity index (χ4n) is 0.630. The molecule has 0 rings (SSSR count). The van der Waals surface area contributed by atoms with Gasteiger partial charge < -0.3 is 15.0 Å². The normalized spacial score (nSPS) is 10.9. The molecule has 0 amide bonds. The summed E-state index contributed by atoms with van der Waals surface area (Å²) in [5, 5.41) is 18.1. The van der Waals surface area contributed by atoms with Crippen LogP contribution in [0.5, 0.6) is 0 Å². The Hall–Kier alpha value is -1.09. The maximum atomic E-state index is 9.23. The lowest BCUT2D eigenvalue weighted by Crippen LogP contribution is -2.16. The van der Waals surface area contributed by atoms with E-state index in [-0.39, 0.29) is 6.10 Å². The van der Waals surface area contributed by atoms with Gasteiger partial charge in [-0.05, 0) is 33.6 Å². The second-order valence-electron chi connectivity index (χ2n) is 3.35. The van der Waals surface area contributed by atoms with Crippen LogP contribution in [0.15, 0.2) is 24.3 Å². The van der Waals surface area contributed by atoms with Crippen molar-refractivity contribution < 1.29 is 15.0 Å². The molecule has 1 N–H and O–H groups in total. The average molecular weight is 199 g/mol. The number of hydrogen-bond acceptors (Lipinski definition) is 3. The minimum Gasteiger partial charge on any atom is -0.550 e. The number of carbonyl (C=O) groups is 1. The molecule has 1 atom stereocenters. The predicted octanol–water partition coefficient (Wildman–Crippen LogP) is 1.04. The first-order valence-electron chi connectivity index (χ1n) is 4.42. The highest BCUT2D eigenvalue weighted by Crippen LogP contribution is 2.09. The van der Waals surface area contributed by atoms with Gasteiger partial charge in [-0.15, -0.1) is 6.58 Å². The van der Waals surface area contributed by atoms with Crippen molar-refractivity contribution in [3.8, 4) is 0 Å². The number of carboxylic acid groups (broad SMARTS) is 1. The lowest BCUT2D eigenvalue weighted by Gasteiger charge is -2.08. The third kappa shape index (κ3) is 17.1. The van der Waals surface area contributed by atoms with Crippen molar-refractivity contribution in [2.24, 2.45) is 0 Å². The summed E-state index contributed by atoms with van der Waals surface area (Å²) in [5.41, 5.74) is 1.95. The van der Waals surface area contributed by atoms with Gasteiger partial charge in [0.1, 0.15) is 0 Å². The largest absolute Gasteiger partial charge is 0.550 e. The number of aliphatic carboxylic acids is 1. The van der Waals surface area contributed by atoms with E-state index in [9.17, 15) is 5.11 Å². The van der Waals surface area contributed by atoms with E-state index in [1.165, 1.54) is 0 Å². The van der Waals surface area contributed by atoms with Crippen LogP contribution in [0.1, 0.15) is 33.6 Å². The van der Waals surface area contributed by atoms with Gasteiger partial charge >= 0.3 is 0 Å². The van der Waals surface area contributed by atoms with Crippen molar-refractivity contribution in [3.05, 3.63) is 24.3 Å². The SMILES string of the molecule is C=C(C)CCC(O)C(=C)C.CC(=O)[O-]. The number of aliphatic hydroxyl groups is 1. The van der Waals surface area contributed by atoms with Gasteiger partial charge in [-0.25, -0.2) is 0 Å². The highest BCUT2D eigenvalue weighted by molar-refractivity contribution is 5.60. The highest BCUT2D eigenvalue weighted by Gasteiger charge is 2.02. The first kappa shape index (κ1) is 15.4. The van der Waals surface area contributed by atoms with Crippen LogP contribution in [0.25, 0.3) is 0 Å². The minimum absolute atomic E-state index is 0.350. The van der Waals surface area contributed by atoms with Gasteiger partial charge in [0.2, 0.25) is 0 Å². The van der Waals surface area contributed by atoms with E-state index in [1.54, 1.807) is 0 Å². The number of allylic oxidation sites excluding steroid dienone is 1. The molecular formula is C11H19O3-. The van der Waals surface area contributed by atoms with Crippen LogP contribution in [-0.4, -0.2) is 17.2 Å². The Bertz CT molecular complexity index is 203. The Kier molecular flexibility index (Phi) is 9.35. The van der Waals surface area contributed by atoms with Crippen LogP contribution in [-0.2, 0) is 4.79 Å². The molecule has 0 spiro atoms. The monoisotopic (exact) mass is 199 g/mol. The molecule has 0 bridgehead atoms. The van der Waals surface area contributed by atoms with Crippen LogP contribution in [0.2, 0.25) is 0 Å². The van der Waals surface area contributed by atoms with E-state index in [1.807, 2.05) is 13.8 Å². The molecule has 3 nitrogen and oxygen atoms in total. The summed E-state index contributed by atoms with van der Waals surface area (Å²) in [6, 6.07) is 0. The zero-order valence-electron chi connectivity index (χ0n) is 9.17. The zero-order chi connectivity index (χ0) is 11.7. The zero-order valence-corrected chi connectivity index (χ0v) is 9.17. The van der Waals surface area contributed by atoms with Gasteiger partial charge in [-0.1, -0.05) is 17.7 Å². The summed E-state index contributed by atoms with van der Waals surface area (Å²) in [5.74, 6) is -1.08. The van der Waals surface area contributed by atoms with E-state index in [4.69, 9.17) is 9.90 Å². The summed E-state index contributed by atoms with van der Waals surface area (Å²) in [4.78, 5) is 8.89. The maximum absolute atomic E-state index is 9.23. The number of carboxylic acids is 1. The van der Waals surface area contributed by atoms with E-state index in [2.05, 4.69) is 13.2 Å². The Balaban J connectivity index is 0. The lowest BCUT2D eigenvalue weighted by molar-refractivity contribution is -0.302. The molecule has 0 aromatic carbocycles. The molecular weight excluding hydrogens is 180 g/mol. The second kappa shape index (κ2) is 8.51. The fraction of sp³-hybridized carbons (Fsp3) is 0.545. The van der Waals surface area contributed by atoms with E-state index < -0.39 is 5.97 Å². The minimum atomic E-state index is -1.08. The Morgan fingerprint density at radius 1 is 1.36 bits per heavy atom. The molecule has 1 unspecified atom stereocenters. The van der Waals surface area contributed by atoms with Crippen molar-refractivity contribution in [3.63, 3.8) is 0 Å². The van der Waals surface area contributed by atoms with Crippen molar-refractivity contribution in [1.82, 2.24) is 0 Å². The van der Waals surface area contributed by atoms with Crippen molar-refractivity contribution in [1.29, 1.82) is 0 Å². The Morgan fingerprint density at radius 2 is 1.71 bits per heavy atom. The molecule has 0 radical (unpaired) electrons. The van der Waals surface area contributed by atoms with Crippen LogP contribution in [0, 0.1) is 0 Å². The summed E-state index contributed by atoms with van der Waals surface area (Å²) in [6.07, 6.45) is 1.29. The number of rotatable bonds is 4. The van der Waals surface area contributed by atoms with Crippen LogP contribution in [0.4, 0.5) is 0 Å². The fourth-order valence-corrected chi connectivity index (χ4v) is 0.630. The molecule has 0 aromatic heterocycles. The molecule has 82 valence electrons. The van der Waals surface area contributed by atoms with Crippen molar-refractivity contribution in [2.75, 3.05) is 0 Å². The van der Waals surface area contributed by atoms with Gasteiger partial charge in [0.25, 0.3) is 0 Å². The number of carbonyl (C=O) groups excluding carboxylic acids is 1. The van der Waals surface area contributed by atoms with Crippen LogP contribution >= 0.6 is 0 Å². The van der Waals surface area contributed by atoms with Crippen molar-refractivity contribution >= 4 is 5.97 Å². The first-order chi connectivity index (χ1) is 6.27. The molecule has 0 aliphatic heterocycles. The smallest absolute Gasteiger partial charge is 0.0747 e. The Morgan fingerprint density at radius 3 is 1.93 bits per heavy atom. The third-order valence-electron chi connectivity index (χ3n) is 1.41. The highest BCUT2D eigenvalue weighted by atomic mass is 16.4. The molecule has 0 aliphatic carbocycles. The summed E-state index contributed by atoms with van der Waals surface area (Å²) >= 11 is 0. The van der Waals surface area contributed by atoms with E-state index >= 15 is 0 Å². The maximum Gasteiger partial charge on any atom is 0.0747 e. The van der Waals surface area contributed by atoms with Gasteiger partial charge in [0, 0.05) is 5.97 Å². The molecule has 14 heavy (non-hydrogen) atoms. The lowest BCUT2D eigenvalue weighted by atomic mass is 10.1. The van der Waals surface area contributed by atoms with Gasteiger partial charge in [-0.3, -0.25) is 0 Å². The summed E-state index contributed by atoms with van der Waals surface area (Å²) in [7, 11) is 0. The molecule has 0 aliphatic rings. The molecule has 3 heteroatoms. The Labute approximate surface area is 85.8 Å². The molecule has 0 fully saturated rings. The quantitative estimate of drug-likeness (QED) is 0.688. The van der Waals surface area contributed by atoms with Crippen LogP contribution < -0.4 is 5.11 Å². The molecule has 0 aromatic rings. The first-order valence-corrected chi connectivity index (χ1v) is 4.42. The predicted molar refractivity (Wildman–Crippen MR) is 55.5 cm³/mol. The summed E-state index contributed by atoms with van der Waals surface area (Å²) < 4.78 is 0. The standard InChI is InChI=1S/C9H16O.C2H4O2/c1-7(2)5-6-9(10)8(3)4;1-2(3)4/h9-10H,1,3,5-6H2,2,4H3;1H3,(H,3,4)/p-1. The molecule has 0 saturated carbocycles. The number of hydrogen-bond donors (Lipinski definition) is 1. The van der Waals surface area contributed by atoms with Gasteiger partial charge in [0.05, 0.1) is 6.10 Å². The topological polar surface area (TPSA) is 60.4 Å². The summed E-state index contributed by atoms with van der Waals surface area (Å²) in [6.45, 7) is 12.2. The van der Waals surface area contributed by atoms with Crippen molar-refractivity contribution in [2.45, 2.75) is 39.7 Å². The third-order valence-corrected chi connectivity index (χ3v) is 1.41. The second-order valence-corrected chi connectivity index (χ2v) is 3.35. The average Bonchev–Trinajstić information content (AvgIpc) is 1.98. The van der Waals surface area contributed by atoms with E-state index in [0.717, 1.165) is 30.9 Å². The molecule has 0 saturated heterocycles. The van der Waals surface area contributed by atoms with E-state index in [0.29, 0.717) is 0 Å². The van der Waals surface area contributed by atoms with Crippen LogP contribution in [0.3, 0.4) is 0 Å². The number of aliphatic hydroxyl groups excluding tert-OH is 1. The van der Waals surface area contributed by atoms with Gasteiger partial charge in [-0.2, -0.15) is 0 Å². The molecule has 0 heterocycles.